The third-order valence-corrected chi connectivity index (χ3v) is 3.74. The monoisotopic (exact) mass is 393 g/mol. The van der Waals surface area contributed by atoms with Gasteiger partial charge >= 0.3 is 0 Å². The van der Waals surface area contributed by atoms with E-state index in [1.807, 2.05) is 30.3 Å². The summed E-state index contributed by atoms with van der Waals surface area (Å²) >= 11 is 6.73. The fourth-order valence-electron chi connectivity index (χ4n) is 1.92. The first-order valence-corrected chi connectivity index (χ1v) is 7.42. The molecule has 0 fully saturated rings. The molecule has 0 aliphatic carbocycles. The summed E-state index contributed by atoms with van der Waals surface area (Å²) in [6.07, 6.45) is 0. The van der Waals surface area contributed by atoms with Crippen molar-refractivity contribution in [3.63, 3.8) is 0 Å². The van der Waals surface area contributed by atoms with Crippen molar-refractivity contribution in [2.45, 2.75) is 0 Å². The lowest BCUT2D eigenvalue weighted by Crippen LogP contribution is -2.12. The molecule has 0 bridgehead atoms. The highest BCUT2D eigenvalue weighted by molar-refractivity contribution is 9.11. The van der Waals surface area contributed by atoms with Crippen molar-refractivity contribution in [3.8, 4) is 0 Å². The predicted octanol–water partition coefficient (Wildman–Crippen LogP) is 4.34. The van der Waals surface area contributed by atoms with E-state index in [1.165, 1.54) is 0 Å². The first kappa shape index (κ1) is 13.3. The molecule has 1 aromatic heterocycles. The van der Waals surface area contributed by atoms with Gasteiger partial charge in [-0.2, -0.15) is 5.10 Å². The topological polar surface area (TPSA) is 57.8 Å². The maximum atomic E-state index is 12.3. The van der Waals surface area contributed by atoms with Crippen molar-refractivity contribution in [3.05, 3.63) is 57.0 Å². The lowest BCUT2D eigenvalue weighted by Gasteiger charge is -2.04. The number of carbonyl (C=O) groups excluding carboxylic acids is 1. The summed E-state index contributed by atoms with van der Waals surface area (Å²) in [5.41, 5.74) is 1.44. The number of benzene rings is 2. The Hall–Kier alpha value is -1.66. The van der Waals surface area contributed by atoms with Gasteiger partial charge in [0.15, 0.2) is 5.82 Å². The smallest absolute Gasteiger partial charge is 0.256 e. The van der Waals surface area contributed by atoms with E-state index in [4.69, 9.17) is 0 Å². The average molecular weight is 395 g/mol. The molecule has 0 radical (unpaired) electrons. The molecule has 2 N–H and O–H groups in total. The summed E-state index contributed by atoms with van der Waals surface area (Å²) in [5.74, 6) is 0.325. The van der Waals surface area contributed by atoms with Crippen LogP contribution in [0.15, 0.2) is 51.4 Å². The largest absolute Gasteiger partial charge is 0.305 e. The number of hydrogen-bond acceptors (Lipinski definition) is 2. The zero-order chi connectivity index (χ0) is 14.1. The molecule has 0 unspecified atom stereocenters. The molecular formula is C14H9Br2N3O. The number of hydrogen-bond donors (Lipinski definition) is 2. The standard InChI is InChI=1S/C14H9Br2N3O/c15-9-5-8(6-10(16)7-9)14(20)17-13-11-3-1-2-4-12(11)18-19-13/h1-7H,(H2,17,18,19,20). The fraction of sp³-hybridized carbons (Fsp3) is 0. The Morgan fingerprint density at radius 3 is 2.55 bits per heavy atom. The van der Waals surface area contributed by atoms with E-state index in [9.17, 15) is 4.79 Å². The number of carbonyl (C=O) groups is 1. The summed E-state index contributed by atoms with van der Waals surface area (Å²) in [6.45, 7) is 0. The molecule has 4 nitrogen and oxygen atoms in total. The van der Waals surface area contributed by atoms with Crippen LogP contribution in [0.5, 0.6) is 0 Å². The van der Waals surface area contributed by atoms with E-state index in [1.54, 1.807) is 12.1 Å². The van der Waals surface area contributed by atoms with Crippen LogP contribution in [0.1, 0.15) is 10.4 Å². The molecule has 100 valence electrons. The highest BCUT2D eigenvalue weighted by Gasteiger charge is 2.11. The second-order valence-electron chi connectivity index (χ2n) is 4.23. The van der Waals surface area contributed by atoms with Crippen molar-refractivity contribution in [2.24, 2.45) is 0 Å². The molecule has 1 heterocycles. The van der Waals surface area contributed by atoms with Gasteiger partial charge in [-0.25, -0.2) is 0 Å². The van der Waals surface area contributed by atoms with Gasteiger partial charge in [-0.3, -0.25) is 9.89 Å². The molecular weight excluding hydrogens is 386 g/mol. The van der Waals surface area contributed by atoms with Crippen molar-refractivity contribution in [1.29, 1.82) is 0 Å². The summed E-state index contributed by atoms with van der Waals surface area (Å²) in [7, 11) is 0. The van der Waals surface area contributed by atoms with Gasteiger partial charge in [0, 0.05) is 19.9 Å². The zero-order valence-electron chi connectivity index (χ0n) is 10.2. The van der Waals surface area contributed by atoms with E-state index < -0.39 is 0 Å². The van der Waals surface area contributed by atoms with Crippen LogP contribution < -0.4 is 5.32 Å². The van der Waals surface area contributed by atoms with Crippen LogP contribution >= 0.6 is 31.9 Å². The SMILES string of the molecule is O=C(Nc1n[nH]c2ccccc12)c1cc(Br)cc(Br)c1. The fourth-order valence-corrected chi connectivity index (χ4v) is 3.22. The van der Waals surface area contributed by atoms with Gasteiger partial charge in [0.25, 0.3) is 5.91 Å². The summed E-state index contributed by atoms with van der Waals surface area (Å²) < 4.78 is 1.67. The number of anilines is 1. The van der Waals surface area contributed by atoms with Crippen molar-refractivity contribution < 1.29 is 4.79 Å². The quantitative estimate of drug-likeness (QED) is 0.679. The van der Waals surface area contributed by atoms with Crippen LogP contribution in [-0.2, 0) is 0 Å². The van der Waals surface area contributed by atoms with E-state index in [-0.39, 0.29) is 5.91 Å². The molecule has 6 heteroatoms. The molecule has 0 saturated heterocycles. The molecule has 0 atom stereocenters. The van der Waals surface area contributed by atoms with Crippen LogP contribution in [0.4, 0.5) is 5.82 Å². The summed E-state index contributed by atoms with van der Waals surface area (Å²) in [6, 6.07) is 13.0. The van der Waals surface area contributed by atoms with Crippen molar-refractivity contribution in [2.75, 3.05) is 5.32 Å². The third kappa shape index (κ3) is 2.62. The third-order valence-electron chi connectivity index (χ3n) is 2.83. The number of H-pyrrole nitrogens is 1. The number of rotatable bonds is 2. The van der Waals surface area contributed by atoms with Crippen molar-refractivity contribution in [1.82, 2.24) is 10.2 Å². The number of nitrogens with zero attached hydrogens (tertiary/aromatic N) is 1. The molecule has 0 spiro atoms. The molecule has 3 aromatic rings. The number of aromatic amines is 1. The number of aromatic nitrogens is 2. The van der Waals surface area contributed by atoms with Crippen LogP contribution in [0.3, 0.4) is 0 Å². The van der Waals surface area contributed by atoms with E-state index >= 15 is 0 Å². The Morgan fingerprint density at radius 2 is 1.80 bits per heavy atom. The second kappa shape index (κ2) is 5.38. The Labute approximate surface area is 131 Å². The lowest BCUT2D eigenvalue weighted by atomic mass is 10.2. The molecule has 2 aromatic carbocycles. The Balaban J connectivity index is 1.92. The van der Waals surface area contributed by atoms with Gasteiger partial charge in [0.2, 0.25) is 0 Å². The zero-order valence-corrected chi connectivity index (χ0v) is 13.3. The number of nitrogens with one attached hydrogen (secondary N) is 2. The molecule has 0 aliphatic heterocycles. The molecule has 1 amide bonds. The number of para-hydroxylation sites is 1. The minimum Gasteiger partial charge on any atom is -0.305 e. The molecule has 0 aliphatic rings. The number of amides is 1. The van der Waals surface area contributed by atoms with E-state index in [2.05, 4.69) is 47.4 Å². The Bertz CT molecular complexity index is 778. The average Bonchev–Trinajstić information content (AvgIpc) is 2.81. The number of fused-ring (bicyclic) bond motifs is 1. The minimum atomic E-state index is -0.204. The predicted molar refractivity (Wildman–Crippen MR) is 85.9 cm³/mol. The Morgan fingerprint density at radius 1 is 1.10 bits per heavy atom. The highest BCUT2D eigenvalue weighted by atomic mass is 79.9. The van der Waals surface area contributed by atoms with Crippen LogP contribution in [0.2, 0.25) is 0 Å². The second-order valence-corrected chi connectivity index (χ2v) is 6.06. The van der Waals surface area contributed by atoms with Gasteiger partial charge in [-0.15, -0.1) is 0 Å². The highest BCUT2D eigenvalue weighted by Crippen LogP contribution is 2.23. The van der Waals surface area contributed by atoms with Gasteiger partial charge < -0.3 is 5.32 Å². The minimum absolute atomic E-state index is 0.204. The normalized spacial score (nSPS) is 10.7. The van der Waals surface area contributed by atoms with Crippen LogP contribution in [0.25, 0.3) is 10.9 Å². The maximum absolute atomic E-state index is 12.3. The van der Waals surface area contributed by atoms with Gasteiger partial charge in [0.05, 0.1) is 5.52 Å². The van der Waals surface area contributed by atoms with Gasteiger partial charge in [-0.05, 0) is 30.3 Å². The number of halogens is 2. The van der Waals surface area contributed by atoms with E-state index in [0.29, 0.717) is 11.4 Å². The molecule has 0 saturated carbocycles. The maximum Gasteiger partial charge on any atom is 0.256 e. The molecule has 3 rings (SSSR count). The lowest BCUT2D eigenvalue weighted by molar-refractivity contribution is 0.102. The van der Waals surface area contributed by atoms with E-state index in [0.717, 1.165) is 19.8 Å². The van der Waals surface area contributed by atoms with Gasteiger partial charge in [0.1, 0.15) is 0 Å². The Kier molecular flexibility index (Phi) is 3.58. The summed E-state index contributed by atoms with van der Waals surface area (Å²) in [5, 5.41) is 10.7. The molecule has 20 heavy (non-hydrogen) atoms. The first-order valence-electron chi connectivity index (χ1n) is 5.84. The van der Waals surface area contributed by atoms with Crippen LogP contribution in [0, 0.1) is 0 Å². The van der Waals surface area contributed by atoms with Crippen LogP contribution in [-0.4, -0.2) is 16.1 Å². The first-order chi connectivity index (χ1) is 9.63. The van der Waals surface area contributed by atoms with Crippen molar-refractivity contribution >= 4 is 54.5 Å². The summed E-state index contributed by atoms with van der Waals surface area (Å²) in [4.78, 5) is 12.3. The van der Waals surface area contributed by atoms with Gasteiger partial charge in [-0.1, -0.05) is 44.0 Å².